The monoisotopic (exact) mass is 218 g/mol. The number of piperidine rings is 1. The van der Waals surface area contributed by atoms with Crippen LogP contribution < -0.4 is 10.5 Å². The summed E-state index contributed by atoms with van der Waals surface area (Å²) in [4.78, 5) is 2.34. The van der Waals surface area contributed by atoms with Crippen LogP contribution in [0.4, 0.5) is 0 Å². The van der Waals surface area contributed by atoms with Crippen molar-refractivity contribution >= 4 is 0 Å². The molecule has 16 heavy (non-hydrogen) atoms. The number of para-hydroxylation sites is 1. The van der Waals surface area contributed by atoms with E-state index in [4.69, 9.17) is 10.5 Å². The summed E-state index contributed by atoms with van der Waals surface area (Å²) in [5, 5.41) is 0. The van der Waals surface area contributed by atoms with E-state index in [1.165, 1.54) is 5.56 Å². The lowest BCUT2D eigenvalue weighted by atomic mass is 9.83. The van der Waals surface area contributed by atoms with Gasteiger partial charge in [0.05, 0.1) is 6.04 Å². The van der Waals surface area contributed by atoms with Crippen LogP contribution in [-0.2, 0) is 0 Å². The summed E-state index contributed by atoms with van der Waals surface area (Å²) >= 11 is 0. The van der Waals surface area contributed by atoms with Crippen molar-refractivity contribution in [1.82, 2.24) is 4.90 Å². The van der Waals surface area contributed by atoms with Gasteiger partial charge >= 0.3 is 0 Å². The fraction of sp³-hybridized carbons (Fsp3) is 0.538. The number of fused-ring (bicyclic) bond motifs is 1. The molecule has 2 aliphatic heterocycles. The van der Waals surface area contributed by atoms with Crippen LogP contribution in [0.15, 0.2) is 24.3 Å². The Balaban J connectivity index is 1.91. The third-order valence-electron chi connectivity index (χ3n) is 3.97. The molecule has 1 saturated heterocycles. The molecule has 0 amide bonds. The number of ether oxygens (including phenoxy) is 1. The van der Waals surface area contributed by atoms with E-state index >= 15 is 0 Å². The summed E-state index contributed by atoms with van der Waals surface area (Å²) in [5.74, 6) is 0.986. The number of likely N-dealkylation sites (tertiary alicyclic amines) is 1. The molecule has 1 fully saturated rings. The van der Waals surface area contributed by atoms with Crippen LogP contribution in [0.5, 0.6) is 5.75 Å². The average molecular weight is 218 g/mol. The van der Waals surface area contributed by atoms with E-state index in [1.54, 1.807) is 0 Å². The maximum absolute atomic E-state index is 6.36. The highest BCUT2D eigenvalue weighted by Gasteiger charge is 2.47. The first-order chi connectivity index (χ1) is 7.71. The maximum atomic E-state index is 6.36. The highest BCUT2D eigenvalue weighted by Crippen LogP contribution is 2.46. The van der Waals surface area contributed by atoms with Crippen molar-refractivity contribution in [3.8, 4) is 5.75 Å². The van der Waals surface area contributed by atoms with Gasteiger partial charge in [0.15, 0.2) is 0 Å². The number of hydrogen-bond acceptors (Lipinski definition) is 3. The summed E-state index contributed by atoms with van der Waals surface area (Å²) < 4.78 is 6.14. The quantitative estimate of drug-likeness (QED) is 0.718. The second-order valence-electron chi connectivity index (χ2n) is 4.99. The molecule has 2 aliphatic rings. The Morgan fingerprint density at radius 2 is 2.00 bits per heavy atom. The van der Waals surface area contributed by atoms with Gasteiger partial charge in [-0.3, -0.25) is 0 Å². The molecule has 3 nitrogen and oxygen atoms in total. The third kappa shape index (κ3) is 1.35. The summed E-state index contributed by atoms with van der Waals surface area (Å²) in [6.07, 6.45) is 2.05. The lowest BCUT2D eigenvalue weighted by Gasteiger charge is -2.39. The Hall–Kier alpha value is -1.06. The van der Waals surface area contributed by atoms with Gasteiger partial charge in [-0.25, -0.2) is 0 Å². The first-order valence-electron chi connectivity index (χ1n) is 5.93. The fourth-order valence-corrected chi connectivity index (χ4v) is 2.81. The predicted molar refractivity (Wildman–Crippen MR) is 63.5 cm³/mol. The number of hydrogen-bond donors (Lipinski definition) is 1. The number of rotatable bonds is 0. The fourth-order valence-electron chi connectivity index (χ4n) is 2.81. The molecule has 0 saturated carbocycles. The van der Waals surface area contributed by atoms with E-state index in [0.717, 1.165) is 31.7 Å². The Bertz CT molecular complexity index is 397. The third-order valence-corrected chi connectivity index (χ3v) is 3.97. The molecule has 0 aliphatic carbocycles. The van der Waals surface area contributed by atoms with Crippen molar-refractivity contribution in [3.05, 3.63) is 29.8 Å². The number of nitrogens with two attached hydrogens (primary N) is 1. The second kappa shape index (κ2) is 3.47. The molecule has 3 heteroatoms. The first kappa shape index (κ1) is 10.1. The van der Waals surface area contributed by atoms with Crippen molar-refractivity contribution in [2.24, 2.45) is 5.73 Å². The van der Waals surface area contributed by atoms with Crippen molar-refractivity contribution in [1.29, 1.82) is 0 Å². The van der Waals surface area contributed by atoms with Crippen molar-refractivity contribution in [2.45, 2.75) is 24.5 Å². The van der Waals surface area contributed by atoms with E-state index in [-0.39, 0.29) is 11.6 Å². The van der Waals surface area contributed by atoms with Gasteiger partial charge in [-0.05, 0) is 13.1 Å². The minimum Gasteiger partial charge on any atom is -0.485 e. The van der Waals surface area contributed by atoms with Gasteiger partial charge in [0.1, 0.15) is 11.4 Å². The molecule has 0 aromatic heterocycles. The van der Waals surface area contributed by atoms with Crippen LogP contribution in [0.2, 0.25) is 0 Å². The summed E-state index contributed by atoms with van der Waals surface area (Å²) in [6.45, 7) is 2.14. The van der Waals surface area contributed by atoms with Crippen LogP contribution in [0.25, 0.3) is 0 Å². The molecule has 1 atom stereocenters. The smallest absolute Gasteiger partial charge is 0.131 e. The minimum atomic E-state index is -0.143. The Labute approximate surface area is 96.2 Å². The zero-order chi connectivity index (χ0) is 11.2. The first-order valence-corrected chi connectivity index (χ1v) is 5.93. The van der Waals surface area contributed by atoms with Gasteiger partial charge in [0, 0.05) is 31.5 Å². The minimum absolute atomic E-state index is 0.0393. The van der Waals surface area contributed by atoms with Crippen LogP contribution in [0.3, 0.4) is 0 Å². The van der Waals surface area contributed by atoms with Crippen LogP contribution in [-0.4, -0.2) is 30.6 Å². The number of nitrogens with zero attached hydrogens (tertiary/aromatic N) is 1. The Kier molecular flexibility index (Phi) is 2.19. The van der Waals surface area contributed by atoms with Crippen molar-refractivity contribution in [3.63, 3.8) is 0 Å². The van der Waals surface area contributed by atoms with E-state index < -0.39 is 0 Å². The molecule has 0 bridgehead atoms. The molecule has 0 radical (unpaired) electrons. The molecule has 2 heterocycles. The summed E-state index contributed by atoms with van der Waals surface area (Å²) in [7, 11) is 2.15. The highest BCUT2D eigenvalue weighted by atomic mass is 16.5. The highest BCUT2D eigenvalue weighted by molar-refractivity contribution is 5.42. The molecule has 1 spiro atoms. The van der Waals surface area contributed by atoms with Gasteiger partial charge in [-0.15, -0.1) is 0 Å². The lowest BCUT2D eigenvalue weighted by molar-refractivity contribution is 0.00754. The Morgan fingerprint density at radius 3 is 2.69 bits per heavy atom. The van der Waals surface area contributed by atoms with Crippen LogP contribution in [0, 0.1) is 0 Å². The second-order valence-corrected chi connectivity index (χ2v) is 4.99. The van der Waals surface area contributed by atoms with Gasteiger partial charge in [0.2, 0.25) is 0 Å². The molecule has 1 aromatic rings. The Morgan fingerprint density at radius 1 is 1.31 bits per heavy atom. The van der Waals surface area contributed by atoms with Gasteiger partial charge in [-0.1, -0.05) is 18.2 Å². The van der Waals surface area contributed by atoms with Gasteiger partial charge in [-0.2, -0.15) is 0 Å². The lowest BCUT2D eigenvalue weighted by Crippen LogP contribution is -2.50. The SMILES string of the molecule is CN1CCC2(CC1)Oc1ccccc1[C@@H]2N. The van der Waals surface area contributed by atoms with Crippen LogP contribution >= 0.6 is 0 Å². The predicted octanol–water partition coefficient (Wildman–Crippen LogP) is 1.54. The molecule has 2 N–H and O–H groups in total. The van der Waals surface area contributed by atoms with E-state index in [9.17, 15) is 0 Å². The number of benzene rings is 1. The van der Waals surface area contributed by atoms with Crippen LogP contribution in [0.1, 0.15) is 24.4 Å². The average Bonchev–Trinajstić information content (AvgIpc) is 2.58. The van der Waals surface area contributed by atoms with Gasteiger partial charge in [0.25, 0.3) is 0 Å². The standard InChI is InChI=1S/C13H18N2O/c1-15-8-6-13(7-9-15)12(14)10-4-2-3-5-11(10)16-13/h2-5,12H,6-9,14H2,1H3/t12-/m0/s1. The van der Waals surface area contributed by atoms with Gasteiger partial charge < -0.3 is 15.4 Å². The largest absolute Gasteiger partial charge is 0.485 e. The molecule has 86 valence electrons. The van der Waals surface area contributed by atoms with E-state index in [2.05, 4.69) is 18.0 Å². The molecular weight excluding hydrogens is 200 g/mol. The maximum Gasteiger partial charge on any atom is 0.131 e. The molecule has 3 rings (SSSR count). The molecule has 0 unspecified atom stereocenters. The van der Waals surface area contributed by atoms with E-state index in [1.807, 2.05) is 18.2 Å². The molecule has 1 aromatic carbocycles. The zero-order valence-electron chi connectivity index (χ0n) is 9.65. The summed E-state index contributed by atoms with van der Waals surface area (Å²) in [6, 6.07) is 8.21. The molecular formula is C13H18N2O. The normalized spacial score (nSPS) is 27.8. The zero-order valence-corrected chi connectivity index (χ0v) is 9.65. The summed E-state index contributed by atoms with van der Waals surface area (Å²) in [5.41, 5.74) is 7.39. The van der Waals surface area contributed by atoms with Crippen molar-refractivity contribution < 1.29 is 4.74 Å². The topological polar surface area (TPSA) is 38.5 Å². The van der Waals surface area contributed by atoms with E-state index in [0.29, 0.717) is 0 Å². The van der Waals surface area contributed by atoms with Crippen molar-refractivity contribution in [2.75, 3.05) is 20.1 Å².